The van der Waals surface area contributed by atoms with Crippen LogP contribution in [-0.2, 0) is 20.9 Å². The van der Waals surface area contributed by atoms with E-state index < -0.39 is 17.9 Å². The molecule has 4 aromatic rings. The molecule has 9 nitrogen and oxygen atoms in total. The lowest BCUT2D eigenvalue weighted by atomic mass is 10.0. The average molecular weight is 473 g/mol. The second kappa shape index (κ2) is 9.46. The van der Waals surface area contributed by atoms with Crippen molar-refractivity contribution in [1.29, 1.82) is 0 Å². The van der Waals surface area contributed by atoms with E-state index in [0.29, 0.717) is 35.6 Å². The molecule has 2 amide bonds. The van der Waals surface area contributed by atoms with Crippen LogP contribution in [0.15, 0.2) is 77.7 Å². The Morgan fingerprint density at radius 2 is 1.97 bits per heavy atom. The third kappa shape index (κ3) is 4.79. The number of furan rings is 1. The van der Waals surface area contributed by atoms with Crippen molar-refractivity contribution >= 4 is 34.5 Å². The summed E-state index contributed by atoms with van der Waals surface area (Å²) in [6.45, 7) is 0.658. The molecule has 0 aliphatic carbocycles. The molecule has 5 rings (SSSR count). The molecule has 0 saturated carbocycles. The summed E-state index contributed by atoms with van der Waals surface area (Å²) in [7, 11) is 0. The number of carbonyl (C=O) groups excluding carboxylic acids is 2. The fourth-order valence-electron chi connectivity index (χ4n) is 4.51. The Labute approximate surface area is 201 Å². The molecule has 2 aromatic heterocycles. The van der Waals surface area contributed by atoms with Gasteiger partial charge in [0.1, 0.15) is 5.76 Å². The zero-order valence-electron chi connectivity index (χ0n) is 18.8. The minimum atomic E-state index is -0.921. The van der Waals surface area contributed by atoms with Crippen molar-refractivity contribution < 1.29 is 23.9 Å². The van der Waals surface area contributed by atoms with Gasteiger partial charge in [0.2, 0.25) is 11.8 Å². The molecule has 9 heteroatoms. The molecule has 0 radical (unpaired) electrons. The van der Waals surface area contributed by atoms with E-state index in [2.05, 4.69) is 10.3 Å². The standard InChI is InChI=1S/C26H24N4O5/c31-24-11-18(14-29(24)15-20-7-4-10-35-20)26(34)28-19-8-9-21-23(12-19)30(16-27-21)22(13-25(32)33)17-5-2-1-3-6-17/h1-10,12,16,18,22H,11,13-15H2,(H,28,34)(H,32,33). The van der Waals surface area contributed by atoms with Gasteiger partial charge in [0.05, 0.1) is 48.5 Å². The van der Waals surface area contributed by atoms with Crippen molar-refractivity contribution in [2.45, 2.75) is 25.4 Å². The molecule has 1 aliphatic rings. The highest BCUT2D eigenvalue weighted by atomic mass is 16.4. The summed E-state index contributed by atoms with van der Waals surface area (Å²) in [4.78, 5) is 43.0. The Morgan fingerprint density at radius 3 is 2.71 bits per heavy atom. The zero-order valence-corrected chi connectivity index (χ0v) is 18.8. The minimum Gasteiger partial charge on any atom is -0.481 e. The van der Waals surface area contributed by atoms with E-state index in [1.54, 1.807) is 47.8 Å². The van der Waals surface area contributed by atoms with Crippen molar-refractivity contribution in [3.05, 3.63) is 84.6 Å². The summed E-state index contributed by atoms with van der Waals surface area (Å²) < 4.78 is 7.13. The molecule has 1 aliphatic heterocycles. The van der Waals surface area contributed by atoms with Gasteiger partial charge in [-0.25, -0.2) is 4.98 Å². The average Bonchev–Trinajstić information content (AvgIpc) is 3.59. The lowest BCUT2D eigenvalue weighted by Crippen LogP contribution is -2.27. The van der Waals surface area contributed by atoms with Crippen LogP contribution in [-0.4, -0.2) is 43.9 Å². The maximum Gasteiger partial charge on any atom is 0.305 e. The predicted molar refractivity (Wildman–Crippen MR) is 127 cm³/mol. The number of carboxylic acid groups (broad SMARTS) is 1. The number of imidazole rings is 1. The summed E-state index contributed by atoms with van der Waals surface area (Å²) in [5, 5.41) is 12.4. The van der Waals surface area contributed by atoms with Crippen LogP contribution < -0.4 is 5.32 Å². The maximum absolute atomic E-state index is 13.0. The zero-order chi connectivity index (χ0) is 24.4. The highest BCUT2D eigenvalue weighted by molar-refractivity contribution is 5.98. The van der Waals surface area contributed by atoms with Crippen LogP contribution >= 0.6 is 0 Å². The van der Waals surface area contributed by atoms with E-state index in [1.165, 1.54) is 0 Å². The second-order valence-corrected chi connectivity index (χ2v) is 8.62. The smallest absolute Gasteiger partial charge is 0.305 e. The van der Waals surface area contributed by atoms with E-state index in [4.69, 9.17) is 4.42 Å². The molecular formula is C26H24N4O5. The van der Waals surface area contributed by atoms with Gasteiger partial charge < -0.3 is 24.3 Å². The van der Waals surface area contributed by atoms with E-state index in [-0.39, 0.29) is 24.7 Å². The molecule has 2 aromatic carbocycles. The van der Waals surface area contributed by atoms with Crippen LogP contribution in [0.4, 0.5) is 5.69 Å². The second-order valence-electron chi connectivity index (χ2n) is 8.62. The van der Waals surface area contributed by atoms with Crippen molar-refractivity contribution in [3.63, 3.8) is 0 Å². The molecule has 35 heavy (non-hydrogen) atoms. The number of nitrogens with zero attached hydrogens (tertiary/aromatic N) is 3. The molecule has 178 valence electrons. The lowest BCUT2D eigenvalue weighted by molar-refractivity contribution is -0.137. The van der Waals surface area contributed by atoms with Crippen LogP contribution in [0.3, 0.4) is 0 Å². The normalized spacial score (nSPS) is 16.5. The van der Waals surface area contributed by atoms with E-state index in [9.17, 15) is 19.5 Å². The summed E-state index contributed by atoms with van der Waals surface area (Å²) in [5.74, 6) is -1.05. The molecule has 0 bridgehead atoms. The molecule has 2 atom stereocenters. The molecule has 2 N–H and O–H groups in total. The summed E-state index contributed by atoms with van der Waals surface area (Å²) >= 11 is 0. The van der Waals surface area contributed by atoms with Gasteiger partial charge in [-0.2, -0.15) is 0 Å². The summed E-state index contributed by atoms with van der Waals surface area (Å²) in [5.41, 5.74) is 2.81. The van der Waals surface area contributed by atoms with Crippen LogP contribution in [0.2, 0.25) is 0 Å². The largest absolute Gasteiger partial charge is 0.481 e. The third-order valence-electron chi connectivity index (χ3n) is 6.24. The number of hydrogen-bond donors (Lipinski definition) is 2. The van der Waals surface area contributed by atoms with Crippen LogP contribution in [0, 0.1) is 5.92 Å². The van der Waals surface area contributed by atoms with Crippen molar-refractivity contribution in [2.75, 3.05) is 11.9 Å². The topological polar surface area (TPSA) is 118 Å². The van der Waals surface area contributed by atoms with Crippen molar-refractivity contribution in [3.8, 4) is 0 Å². The number of carbonyl (C=O) groups is 3. The number of fused-ring (bicyclic) bond motifs is 1. The predicted octanol–water partition coefficient (Wildman–Crippen LogP) is 3.68. The molecule has 1 saturated heterocycles. The number of aliphatic carboxylic acids is 1. The Bertz CT molecular complexity index is 1360. The quantitative estimate of drug-likeness (QED) is 0.404. The van der Waals surface area contributed by atoms with Gasteiger partial charge in [0, 0.05) is 18.7 Å². The number of amides is 2. The fraction of sp³-hybridized carbons (Fsp3) is 0.231. The number of nitrogens with one attached hydrogen (secondary N) is 1. The lowest BCUT2D eigenvalue weighted by Gasteiger charge is -2.19. The van der Waals surface area contributed by atoms with Gasteiger partial charge >= 0.3 is 5.97 Å². The van der Waals surface area contributed by atoms with Gasteiger partial charge in [-0.3, -0.25) is 14.4 Å². The number of benzene rings is 2. The van der Waals surface area contributed by atoms with E-state index in [0.717, 1.165) is 5.56 Å². The minimum absolute atomic E-state index is 0.0885. The SMILES string of the molecule is O=C(O)CC(c1ccccc1)n1cnc2ccc(NC(=O)C3CC(=O)N(Cc4ccco4)C3)cc21. The number of anilines is 1. The Morgan fingerprint density at radius 1 is 1.14 bits per heavy atom. The first kappa shape index (κ1) is 22.4. The van der Waals surface area contributed by atoms with Gasteiger partial charge in [0.15, 0.2) is 0 Å². The number of rotatable bonds is 8. The monoisotopic (exact) mass is 472 g/mol. The van der Waals surface area contributed by atoms with E-state index in [1.807, 2.05) is 34.9 Å². The summed E-state index contributed by atoms with van der Waals surface area (Å²) in [6, 6.07) is 17.8. The Hall–Kier alpha value is -4.40. The maximum atomic E-state index is 13.0. The first-order valence-electron chi connectivity index (χ1n) is 11.3. The Balaban J connectivity index is 1.35. The summed E-state index contributed by atoms with van der Waals surface area (Å²) in [6.07, 6.45) is 3.21. The third-order valence-corrected chi connectivity index (χ3v) is 6.24. The Kier molecular flexibility index (Phi) is 6.05. The van der Waals surface area contributed by atoms with Gasteiger partial charge in [-0.1, -0.05) is 30.3 Å². The van der Waals surface area contributed by atoms with Crippen LogP contribution in [0.1, 0.15) is 30.2 Å². The first-order valence-corrected chi connectivity index (χ1v) is 11.3. The van der Waals surface area contributed by atoms with E-state index >= 15 is 0 Å². The van der Waals surface area contributed by atoms with Crippen molar-refractivity contribution in [1.82, 2.24) is 14.5 Å². The molecule has 2 unspecified atom stereocenters. The molecule has 0 spiro atoms. The van der Waals surface area contributed by atoms with Gasteiger partial charge in [-0.15, -0.1) is 0 Å². The molecule has 3 heterocycles. The van der Waals surface area contributed by atoms with Crippen LogP contribution in [0.5, 0.6) is 0 Å². The first-order chi connectivity index (χ1) is 17.0. The number of hydrogen-bond acceptors (Lipinski definition) is 5. The number of likely N-dealkylation sites (tertiary alicyclic amines) is 1. The highest BCUT2D eigenvalue weighted by Gasteiger charge is 2.34. The van der Waals surface area contributed by atoms with Crippen LogP contribution in [0.25, 0.3) is 11.0 Å². The molecular weight excluding hydrogens is 448 g/mol. The highest BCUT2D eigenvalue weighted by Crippen LogP contribution is 2.29. The van der Waals surface area contributed by atoms with Crippen molar-refractivity contribution in [2.24, 2.45) is 5.92 Å². The number of aromatic nitrogens is 2. The fourth-order valence-corrected chi connectivity index (χ4v) is 4.51. The van der Waals surface area contributed by atoms with Gasteiger partial charge in [0.25, 0.3) is 0 Å². The van der Waals surface area contributed by atoms with Gasteiger partial charge in [-0.05, 0) is 35.9 Å². The number of carboxylic acids is 1. The molecule has 1 fully saturated rings.